The van der Waals surface area contributed by atoms with Crippen molar-refractivity contribution >= 4 is 10.0 Å². The topological polar surface area (TPSA) is 84.9 Å². The molecule has 0 radical (unpaired) electrons. The quantitative estimate of drug-likeness (QED) is 0.843. The van der Waals surface area contributed by atoms with Crippen LogP contribution in [0.2, 0.25) is 0 Å². The second kappa shape index (κ2) is 5.15. The van der Waals surface area contributed by atoms with E-state index in [0.717, 1.165) is 12.8 Å². The number of ether oxygens (including phenoxy) is 2. The van der Waals surface area contributed by atoms with E-state index in [2.05, 4.69) is 4.72 Å². The van der Waals surface area contributed by atoms with Gasteiger partial charge in [0.25, 0.3) is 0 Å². The highest BCUT2D eigenvalue weighted by molar-refractivity contribution is 7.89. The maximum atomic E-state index is 12.3. The van der Waals surface area contributed by atoms with E-state index in [1.807, 2.05) is 0 Å². The first-order valence-electron chi connectivity index (χ1n) is 7.00. The van der Waals surface area contributed by atoms with Gasteiger partial charge in [-0.05, 0) is 37.8 Å². The first-order valence-corrected chi connectivity index (χ1v) is 8.48. The summed E-state index contributed by atoms with van der Waals surface area (Å²) in [5, 5.41) is 10.2. The van der Waals surface area contributed by atoms with Crippen LogP contribution >= 0.6 is 0 Å². The predicted molar refractivity (Wildman–Crippen MR) is 76.0 cm³/mol. The minimum atomic E-state index is -3.68. The molecular weight excluding hydrogens is 294 g/mol. The zero-order chi connectivity index (χ0) is 15.1. The number of sulfonamides is 1. The van der Waals surface area contributed by atoms with Gasteiger partial charge in [0.05, 0.1) is 10.5 Å². The maximum absolute atomic E-state index is 12.3. The maximum Gasteiger partial charge on any atom is 0.240 e. The summed E-state index contributed by atoms with van der Waals surface area (Å²) >= 11 is 0. The fourth-order valence-corrected chi connectivity index (χ4v) is 3.52. The molecule has 2 N–H and O–H groups in total. The van der Waals surface area contributed by atoms with Crippen LogP contribution in [0.15, 0.2) is 23.1 Å². The molecule has 0 saturated heterocycles. The highest BCUT2D eigenvalue weighted by atomic mass is 32.2. The van der Waals surface area contributed by atoms with Crippen LogP contribution in [0.3, 0.4) is 0 Å². The van der Waals surface area contributed by atoms with Crippen molar-refractivity contribution in [2.75, 3.05) is 19.8 Å². The Bertz CT molecular complexity index is 637. The van der Waals surface area contributed by atoms with Gasteiger partial charge in [-0.3, -0.25) is 0 Å². The van der Waals surface area contributed by atoms with Crippen LogP contribution in [-0.2, 0) is 10.0 Å². The number of hydrogen-bond donors (Lipinski definition) is 2. The smallest absolute Gasteiger partial charge is 0.240 e. The Labute approximate surface area is 124 Å². The summed E-state index contributed by atoms with van der Waals surface area (Å²) in [5.74, 6) is 1.16. The van der Waals surface area contributed by atoms with E-state index < -0.39 is 15.6 Å². The third kappa shape index (κ3) is 3.14. The molecule has 1 aliphatic carbocycles. The van der Waals surface area contributed by atoms with Gasteiger partial charge < -0.3 is 14.6 Å². The molecule has 1 fully saturated rings. The predicted octanol–water partition coefficient (Wildman–Crippen LogP) is 0.897. The van der Waals surface area contributed by atoms with Crippen LogP contribution in [0.25, 0.3) is 0 Å². The van der Waals surface area contributed by atoms with Crippen molar-refractivity contribution in [3.8, 4) is 11.5 Å². The van der Waals surface area contributed by atoms with E-state index >= 15 is 0 Å². The molecule has 0 spiro atoms. The summed E-state index contributed by atoms with van der Waals surface area (Å²) in [5.41, 5.74) is -0.999. The third-order valence-electron chi connectivity index (χ3n) is 3.90. The van der Waals surface area contributed by atoms with Gasteiger partial charge >= 0.3 is 0 Å². The normalized spacial score (nSPS) is 20.9. The molecule has 1 aliphatic heterocycles. The monoisotopic (exact) mass is 313 g/mol. The Kier molecular flexibility index (Phi) is 3.59. The van der Waals surface area contributed by atoms with Crippen molar-refractivity contribution in [2.24, 2.45) is 5.92 Å². The van der Waals surface area contributed by atoms with Gasteiger partial charge in [0.1, 0.15) is 13.2 Å². The van der Waals surface area contributed by atoms with Crippen molar-refractivity contribution in [3.63, 3.8) is 0 Å². The van der Waals surface area contributed by atoms with Crippen molar-refractivity contribution in [2.45, 2.75) is 30.3 Å². The highest BCUT2D eigenvalue weighted by Gasteiger charge is 2.40. The summed E-state index contributed by atoms with van der Waals surface area (Å²) in [6.45, 7) is 2.54. The first-order chi connectivity index (χ1) is 9.88. The summed E-state index contributed by atoms with van der Waals surface area (Å²) in [4.78, 5) is 0.110. The molecule has 6 nitrogen and oxygen atoms in total. The standard InChI is InChI=1S/C14H19NO5S/c1-14(16,10-2-3-10)9-15-21(17,18)11-4-5-12-13(8-11)20-7-6-19-12/h4-5,8,10,15-16H,2-3,6-7,9H2,1H3. The summed E-state index contributed by atoms with van der Waals surface area (Å²) in [6, 6.07) is 4.51. The molecule has 1 aromatic rings. The molecule has 1 saturated carbocycles. The highest BCUT2D eigenvalue weighted by Crippen LogP contribution is 2.39. The lowest BCUT2D eigenvalue weighted by Crippen LogP contribution is -2.42. The fourth-order valence-electron chi connectivity index (χ4n) is 2.36. The van der Waals surface area contributed by atoms with Crippen LogP contribution in [-0.4, -0.2) is 38.9 Å². The molecule has 116 valence electrons. The molecular formula is C14H19NO5S. The number of benzene rings is 1. The van der Waals surface area contributed by atoms with Crippen molar-refractivity contribution in [1.29, 1.82) is 0 Å². The van der Waals surface area contributed by atoms with Crippen molar-refractivity contribution in [3.05, 3.63) is 18.2 Å². The molecule has 0 amide bonds. The lowest BCUT2D eigenvalue weighted by molar-refractivity contribution is 0.0422. The fraction of sp³-hybridized carbons (Fsp3) is 0.571. The Morgan fingerprint density at radius 3 is 2.62 bits per heavy atom. The molecule has 0 bridgehead atoms. The van der Waals surface area contributed by atoms with Gasteiger partial charge in [-0.1, -0.05) is 0 Å². The van der Waals surface area contributed by atoms with Crippen LogP contribution < -0.4 is 14.2 Å². The van der Waals surface area contributed by atoms with E-state index in [-0.39, 0.29) is 17.4 Å². The van der Waals surface area contributed by atoms with Gasteiger partial charge in [-0.15, -0.1) is 0 Å². The molecule has 1 atom stereocenters. The number of hydrogen-bond acceptors (Lipinski definition) is 5. The first kappa shape index (κ1) is 14.6. The number of nitrogens with one attached hydrogen (secondary N) is 1. The minimum absolute atomic E-state index is 0.00837. The molecule has 3 rings (SSSR count). The molecule has 21 heavy (non-hydrogen) atoms. The van der Waals surface area contributed by atoms with Crippen LogP contribution in [0.5, 0.6) is 11.5 Å². The summed E-state index contributed by atoms with van der Waals surface area (Å²) in [7, 11) is -3.68. The van der Waals surface area contributed by atoms with Gasteiger partial charge in [0, 0.05) is 12.6 Å². The zero-order valence-electron chi connectivity index (χ0n) is 11.8. The average Bonchev–Trinajstić information content (AvgIpc) is 3.30. The summed E-state index contributed by atoms with van der Waals surface area (Å²) in [6.07, 6.45) is 1.89. The third-order valence-corrected chi connectivity index (χ3v) is 5.30. The second-order valence-electron chi connectivity index (χ2n) is 5.76. The number of rotatable bonds is 5. The second-order valence-corrected chi connectivity index (χ2v) is 7.53. The van der Waals surface area contributed by atoms with E-state index in [4.69, 9.17) is 9.47 Å². The van der Waals surface area contributed by atoms with Gasteiger partial charge in [-0.25, -0.2) is 13.1 Å². The van der Waals surface area contributed by atoms with E-state index in [1.54, 1.807) is 13.0 Å². The Hall–Kier alpha value is -1.31. The minimum Gasteiger partial charge on any atom is -0.486 e. The molecule has 1 heterocycles. The Morgan fingerprint density at radius 2 is 1.95 bits per heavy atom. The van der Waals surface area contributed by atoms with Crippen molar-refractivity contribution < 1.29 is 23.0 Å². The average molecular weight is 313 g/mol. The van der Waals surface area contributed by atoms with Gasteiger partial charge in [0.15, 0.2) is 11.5 Å². The van der Waals surface area contributed by atoms with Gasteiger partial charge in [-0.2, -0.15) is 0 Å². The lowest BCUT2D eigenvalue weighted by atomic mass is 10.0. The van der Waals surface area contributed by atoms with E-state index in [9.17, 15) is 13.5 Å². The lowest BCUT2D eigenvalue weighted by Gasteiger charge is -2.23. The molecule has 1 aromatic carbocycles. The molecule has 0 aromatic heterocycles. The van der Waals surface area contributed by atoms with Crippen LogP contribution in [0.1, 0.15) is 19.8 Å². The molecule has 2 aliphatic rings. The number of aliphatic hydroxyl groups is 1. The van der Waals surface area contributed by atoms with Crippen LogP contribution in [0.4, 0.5) is 0 Å². The van der Waals surface area contributed by atoms with E-state index in [0.29, 0.717) is 24.7 Å². The van der Waals surface area contributed by atoms with Crippen molar-refractivity contribution in [1.82, 2.24) is 4.72 Å². The Morgan fingerprint density at radius 1 is 1.29 bits per heavy atom. The van der Waals surface area contributed by atoms with E-state index in [1.165, 1.54) is 12.1 Å². The SMILES string of the molecule is CC(O)(CNS(=O)(=O)c1ccc2c(c1)OCCO2)C1CC1. The summed E-state index contributed by atoms with van der Waals surface area (Å²) < 4.78 is 37.8. The van der Waals surface area contributed by atoms with Gasteiger partial charge in [0.2, 0.25) is 10.0 Å². The molecule has 7 heteroatoms. The Balaban J connectivity index is 1.75. The largest absolute Gasteiger partial charge is 0.486 e. The zero-order valence-corrected chi connectivity index (χ0v) is 12.6. The molecule has 1 unspecified atom stereocenters. The number of fused-ring (bicyclic) bond motifs is 1. The van der Waals surface area contributed by atoms with Crippen LogP contribution in [0, 0.1) is 5.92 Å².